The van der Waals surface area contributed by atoms with Gasteiger partial charge in [-0.25, -0.2) is 9.97 Å². The number of nitrogens with one attached hydrogen (secondary N) is 1. The van der Waals surface area contributed by atoms with Gasteiger partial charge >= 0.3 is 0 Å². The standard InChI is InChI=1S/C22H24N4O3/c1-4-26(15-16-8-6-5-7-9-16)22(27)19-13-24-21(14-23-19)25-18-12-17(28-2)10-11-20(18)29-3/h5-14H,4,15H2,1-3H3,(H,24,25). The molecule has 0 aliphatic rings. The molecule has 0 bridgehead atoms. The summed E-state index contributed by atoms with van der Waals surface area (Å²) in [4.78, 5) is 23.2. The molecular formula is C22H24N4O3. The van der Waals surface area contributed by atoms with Crippen molar-refractivity contribution in [3.8, 4) is 11.5 Å². The first-order chi connectivity index (χ1) is 14.1. The SMILES string of the molecule is CCN(Cc1ccccc1)C(=O)c1cnc(Nc2cc(OC)ccc2OC)cn1. The number of anilines is 2. The largest absolute Gasteiger partial charge is 0.497 e. The highest BCUT2D eigenvalue weighted by Gasteiger charge is 2.16. The Morgan fingerprint density at radius 3 is 2.45 bits per heavy atom. The highest BCUT2D eigenvalue weighted by Crippen LogP contribution is 2.30. The van der Waals surface area contributed by atoms with Crippen molar-refractivity contribution in [2.45, 2.75) is 13.5 Å². The maximum atomic E-state index is 12.8. The van der Waals surface area contributed by atoms with Crippen molar-refractivity contribution in [1.82, 2.24) is 14.9 Å². The van der Waals surface area contributed by atoms with Gasteiger partial charge in [0.05, 0.1) is 32.3 Å². The summed E-state index contributed by atoms with van der Waals surface area (Å²) in [5.41, 5.74) is 2.06. The van der Waals surface area contributed by atoms with Crippen LogP contribution in [0.5, 0.6) is 11.5 Å². The van der Waals surface area contributed by atoms with E-state index in [-0.39, 0.29) is 5.91 Å². The highest BCUT2D eigenvalue weighted by atomic mass is 16.5. The third-order valence-corrected chi connectivity index (χ3v) is 4.43. The summed E-state index contributed by atoms with van der Waals surface area (Å²) < 4.78 is 10.6. The number of amides is 1. The second-order valence-corrected chi connectivity index (χ2v) is 6.28. The van der Waals surface area contributed by atoms with Gasteiger partial charge in [-0.3, -0.25) is 4.79 Å². The number of rotatable bonds is 8. The van der Waals surface area contributed by atoms with E-state index in [1.54, 1.807) is 31.3 Å². The Kier molecular flexibility index (Phi) is 6.63. The molecule has 0 spiro atoms. The van der Waals surface area contributed by atoms with E-state index in [1.807, 2.05) is 43.3 Å². The fourth-order valence-corrected chi connectivity index (χ4v) is 2.85. The van der Waals surface area contributed by atoms with Crippen LogP contribution in [0.25, 0.3) is 0 Å². The van der Waals surface area contributed by atoms with E-state index in [0.29, 0.717) is 41.8 Å². The molecule has 0 fully saturated rings. The van der Waals surface area contributed by atoms with E-state index in [4.69, 9.17) is 9.47 Å². The third-order valence-electron chi connectivity index (χ3n) is 4.43. The summed E-state index contributed by atoms with van der Waals surface area (Å²) in [5, 5.41) is 3.14. The fraction of sp³-hybridized carbons (Fsp3) is 0.227. The molecule has 7 heteroatoms. The molecule has 0 atom stereocenters. The zero-order chi connectivity index (χ0) is 20.6. The van der Waals surface area contributed by atoms with Gasteiger partial charge in [0.25, 0.3) is 5.91 Å². The van der Waals surface area contributed by atoms with Crippen molar-refractivity contribution < 1.29 is 14.3 Å². The highest BCUT2D eigenvalue weighted by molar-refractivity contribution is 5.92. The van der Waals surface area contributed by atoms with E-state index in [1.165, 1.54) is 12.4 Å². The number of ether oxygens (including phenoxy) is 2. The van der Waals surface area contributed by atoms with Gasteiger partial charge in [0.1, 0.15) is 23.0 Å². The van der Waals surface area contributed by atoms with Gasteiger partial charge in [-0.05, 0) is 24.6 Å². The van der Waals surface area contributed by atoms with Crippen molar-refractivity contribution in [3.63, 3.8) is 0 Å². The molecule has 0 unspecified atom stereocenters. The molecule has 0 aliphatic heterocycles. The molecular weight excluding hydrogens is 368 g/mol. The minimum absolute atomic E-state index is 0.158. The molecule has 7 nitrogen and oxygen atoms in total. The lowest BCUT2D eigenvalue weighted by Gasteiger charge is -2.20. The molecule has 29 heavy (non-hydrogen) atoms. The average Bonchev–Trinajstić information content (AvgIpc) is 2.78. The number of carbonyl (C=O) groups is 1. The van der Waals surface area contributed by atoms with Gasteiger partial charge in [-0.2, -0.15) is 0 Å². The van der Waals surface area contributed by atoms with Crippen molar-refractivity contribution in [2.24, 2.45) is 0 Å². The Morgan fingerprint density at radius 1 is 1.03 bits per heavy atom. The van der Waals surface area contributed by atoms with Crippen molar-refractivity contribution in [2.75, 3.05) is 26.1 Å². The van der Waals surface area contributed by atoms with Gasteiger partial charge in [0.15, 0.2) is 0 Å². The topological polar surface area (TPSA) is 76.6 Å². The number of methoxy groups -OCH3 is 2. The van der Waals surface area contributed by atoms with E-state index in [9.17, 15) is 4.79 Å². The van der Waals surface area contributed by atoms with Gasteiger partial charge in [-0.1, -0.05) is 30.3 Å². The van der Waals surface area contributed by atoms with Crippen LogP contribution in [-0.4, -0.2) is 41.5 Å². The average molecular weight is 392 g/mol. The van der Waals surface area contributed by atoms with Crippen LogP contribution in [-0.2, 0) is 6.54 Å². The third kappa shape index (κ3) is 5.01. The van der Waals surface area contributed by atoms with Crippen LogP contribution in [0, 0.1) is 0 Å². The molecule has 1 N–H and O–H groups in total. The van der Waals surface area contributed by atoms with Crippen molar-refractivity contribution in [3.05, 3.63) is 72.2 Å². The molecule has 1 aromatic heterocycles. The lowest BCUT2D eigenvalue weighted by molar-refractivity contribution is 0.0746. The first kappa shape index (κ1) is 20.1. The maximum Gasteiger partial charge on any atom is 0.274 e. The summed E-state index contributed by atoms with van der Waals surface area (Å²) in [5.74, 6) is 1.67. The van der Waals surface area contributed by atoms with Gasteiger partial charge in [0, 0.05) is 19.2 Å². The lowest BCUT2D eigenvalue weighted by atomic mass is 10.2. The Balaban J connectivity index is 1.73. The Labute approximate surface area is 170 Å². The number of aromatic nitrogens is 2. The minimum atomic E-state index is -0.158. The first-order valence-corrected chi connectivity index (χ1v) is 9.29. The van der Waals surface area contributed by atoms with Crippen LogP contribution < -0.4 is 14.8 Å². The van der Waals surface area contributed by atoms with Crippen LogP contribution in [0.3, 0.4) is 0 Å². The quantitative estimate of drug-likeness (QED) is 0.627. The molecule has 0 aliphatic carbocycles. The molecule has 150 valence electrons. The Morgan fingerprint density at radius 2 is 1.83 bits per heavy atom. The van der Waals surface area contributed by atoms with Crippen LogP contribution in [0.1, 0.15) is 23.0 Å². The second-order valence-electron chi connectivity index (χ2n) is 6.28. The van der Waals surface area contributed by atoms with Crippen molar-refractivity contribution >= 4 is 17.4 Å². The van der Waals surface area contributed by atoms with Crippen LogP contribution in [0.4, 0.5) is 11.5 Å². The number of benzene rings is 2. The van der Waals surface area contributed by atoms with E-state index in [2.05, 4.69) is 15.3 Å². The minimum Gasteiger partial charge on any atom is -0.497 e. The van der Waals surface area contributed by atoms with Crippen LogP contribution >= 0.6 is 0 Å². The lowest BCUT2D eigenvalue weighted by Crippen LogP contribution is -2.31. The molecule has 1 heterocycles. The Hall–Kier alpha value is -3.61. The predicted molar refractivity (Wildman–Crippen MR) is 112 cm³/mol. The van der Waals surface area contributed by atoms with Gasteiger partial charge in [-0.15, -0.1) is 0 Å². The van der Waals surface area contributed by atoms with Crippen molar-refractivity contribution in [1.29, 1.82) is 0 Å². The zero-order valence-electron chi connectivity index (χ0n) is 16.8. The number of hydrogen-bond donors (Lipinski definition) is 1. The fourth-order valence-electron chi connectivity index (χ4n) is 2.85. The van der Waals surface area contributed by atoms with Gasteiger partial charge in [0.2, 0.25) is 0 Å². The summed E-state index contributed by atoms with van der Waals surface area (Å²) in [6.45, 7) is 3.05. The molecule has 2 aromatic carbocycles. The number of hydrogen-bond acceptors (Lipinski definition) is 6. The second kappa shape index (κ2) is 9.54. The first-order valence-electron chi connectivity index (χ1n) is 9.29. The van der Waals surface area contributed by atoms with E-state index >= 15 is 0 Å². The maximum absolute atomic E-state index is 12.8. The van der Waals surface area contributed by atoms with E-state index < -0.39 is 0 Å². The molecule has 0 saturated heterocycles. The molecule has 0 radical (unpaired) electrons. The predicted octanol–water partition coefficient (Wildman–Crippen LogP) is 3.90. The molecule has 0 saturated carbocycles. The van der Waals surface area contributed by atoms with E-state index in [0.717, 1.165) is 5.56 Å². The number of nitrogens with zero attached hydrogens (tertiary/aromatic N) is 3. The molecule has 3 rings (SSSR count). The van der Waals surface area contributed by atoms with Crippen LogP contribution in [0.15, 0.2) is 60.9 Å². The zero-order valence-corrected chi connectivity index (χ0v) is 16.8. The smallest absolute Gasteiger partial charge is 0.274 e. The normalized spacial score (nSPS) is 10.3. The number of carbonyl (C=O) groups excluding carboxylic acids is 1. The molecule has 3 aromatic rings. The van der Waals surface area contributed by atoms with Gasteiger partial charge < -0.3 is 19.7 Å². The summed E-state index contributed by atoms with van der Waals surface area (Å²) >= 11 is 0. The summed E-state index contributed by atoms with van der Waals surface area (Å²) in [6, 6.07) is 15.3. The van der Waals surface area contributed by atoms with Crippen LogP contribution in [0.2, 0.25) is 0 Å². The monoisotopic (exact) mass is 392 g/mol. The Bertz CT molecular complexity index is 946. The summed E-state index contributed by atoms with van der Waals surface area (Å²) in [7, 11) is 3.19. The molecule has 1 amide bonds. The summed E-state index contributed by atoms with van der Waals surface area (Å²) in [6.07, 6.45) is 3.01.